The lowest BCUT2D eigenvalue weighted by Gasteiger charge is -2.14. The molecule has 1 rings (SSSR count). The summed E-state index contributed by atoms with van der Waals surface area (Å²) in [6.45, 7) is 0.274. The first-order valence-corrected chi connectivity index (χ1v) is 6.12. The molecule has 0 aliphatic heterocycles. The van der Waals surface area contributed by atoms with Crippen LogP contribution in [-0.2, 0) is 9.53 Å². The Morgan fingerprint density at radius 1 is 1.50 bits per heavy atom. The van der Waals surface area contributed by atoms with E-state index in [-0.39, 0.29) is 13.0 Å². The lowest BCUT2D eigenvalue weighted by molar-refractivity contribution is -0.139. The second-order valence-corrected chi connectivity index (χ2v) is 4.57. The van der Waals surface area contributed by atoms with Crippen LogP contribution in [0.3, 0.4) is 0 Å². The van der Waals surface area contributed by atoms with Crippen molar-refractivity contribution in [1.29, 1.82) is 0 Å². The number of rotatable bonds is 6. The van der Waals surface area contributed by atoms with Crippen molar-refractivity contribution < 1.29 is 19.4 Å². The minimum absolute atomic E-state index is 0.228. The molecule has 0 aliphatic rings. The van der Waals surface area contributed by atoms with E-state index in [4.69, 9.17) is 9.84 Å². The molecule has 0 bridgehead atoms. The zero-order chi connectivity index (χ0) is 13.5. The normalized spacial score (nSPS) is 11.9. The first-order valence-electron chi connectivity index (χ1n) is 5.32. The van der Waals surface area contributed by atoms with Gasteiger partial charge < -0.3 is 15.2 Å². The largest absolute Gasteiger partial charge is 0.480 e. The third-order valence-electron chi connectivity index (χ3n) is 2.30. The first-order chi connectivity index (χ1) is 8.54. The number of hydrogen-bond donors (Lipinski definition) is 2. The summed E-state index contributed by atoms with van der Waals surface area (Å²) in [6, 6.07) is 5.80. The van der Waals surface area contributed by atoms with Gasteiger partial charge in [-0.3, -0.25) is 4.79 Å². The van der Waals surface area contributed by atoms with Gasteiger partial charge in [0.05, 0.1) is 0 Å². The van der Waals surface area contributed by atoms with Gasteiger partial charge in [-0.15, -0.1) is 0 Å². The SMILES string of the molecule is COCCC(NC(=O)c1cccc(Br)c1)C(=O)O. The summed E-state index contributed by atoms with van der Waals surface area (Å²) in [7, 11) is 1.48. The van der Waals surface area contributed by atoms with E-state index in [1.54, 1.807) is 24.3 Å². The molecule has 5 nitrogen and oxygen atoms in total. The average Bonchev–Trinajstić information content (AvgIpc) is 2.33. The van der Waals surface area contributed by atoms with Crippen LogP contribution in [0.25, 0.3) is 0 Å². The van der Waals surface area contributed by atoms with Gasteiger partial charge in [0.15, 0.2) is 0 Å². The van der Waals surface area contributed by atoms with E-state index in [1.165, 1.54) is 7.11 Å². The average molecular weight is 316 g/mol. The topological polar surface area (TPSA) is 75.6 Å². The molecule has 2 N–H and O–H groups in total. The number of aliphatic carboxylic acids is 1. The number of carboxylic acids is 1. The number of carbonyl (C=O) groups is 2. The Morgan fingerprint density at radius 3 is 2.78 bits per heavy atom. The Balaban J connectivity index is 2.69. The molecule has 18 heavy (non-hydrogen) atoms. The molecule has 0 heterocycles. The predicted molar refractivity (Wildman–Crippen MR) is 69.5 cm³/mol. The number of methoxy groups -OCH3 is 1. The van der Waals surface area contributed by atoms with Crippen LogP contribution >= 0.6 is 15.9 Å². The van der Waals surface area contributed by atoms with Gasteiger partial charge >= 0.3 is 5.97 Å². The molecule has 0 radical (unpaired) electrons. The zero-order valence-electron chi connectivity index (χ0n) is 9.85. The molecule has 0 saturated carbocycles. The van der Waals surface area contributed by atoms with Gasteiger partial charge in [0.1, 0.15) is 6.04 Å². The Morgan fingerprint density at radius 2 is 2.22 bits per heavy atom. The van der Waals surface area contributed by atoms with Gasteiger partial charge in [-0.05, 0) is 18.2 Å². The van der Waals surface area contributed by atoms with Gasteiger partial charge in [0.25, 0.3) is 5.91 Å². The highest BCUT2D eigenvalue weighted by atomic mass is 79.9. The van der Waals surface area contributed by atoms with Gasteiger partial charge in [0.2, 0.25) is 0 Å². The second kappa shape index (κ2) is 7.13. The Bertz CT molecular complexity index is 436. The molecule has 1 atom stereocenters. The van der Waals surface area contributed by atoms with E-state index >= 15 is 0 Å². The van der Waals surface area contributed by atoms with E-state index in [0.717, 1.165) is 4.47 Å². The molecule has 0 saturated heterocycles. The fourth-order valence-corrected chi connectivity index (χ4v) is 1.76. The molecule has 0 fully saturated rings. The van der Waals surface area contributed by atoms with Crippen molar-refractivity contribution in [3.8, 4) is 0 Å². The molecular weight excluding hydrogens is 302 g/mol. The maximum absolute atomic E-state index is 11.8. The molecule has 1 unspecified atom stereocenters. The van der Waals surface area contributed by atoms with E-state index in [0.29, 0.717) is 5.56 Å². The van der Waals surface area contributed by atoms with Crippen molar-refractivity contribution in [2.24, 2.45) is 0 Å². The number of benzene rings is 1. The molecule has 0 aliphatic carbocycles. The summed E-state index contributed by atoms with van der Waals surface area (Å²) in [5.74, 6) is -1.49. The molecule has 98 valence electrons. The molecule has 0 aromatic heterocycles. The standard InChI is InChI=1S/C12H14BrNO4/c1-18-6-5-10(12(16)17)14-11(15)8-3-2-4-9(13)7-8/h2-4,7,10H,5-6H2,1H3,(H,14,15)(H,16,17). The van der Waals surface area contributed by atoms with Crippen LogP contribution in [0.5, 0.6) is 0 Å². The highest BCUT2D eigenvalue weighted by Gasteiger charge is 2.20. The van der Waals surface area contributed by atoms with Crippen molar-refractivity contribution in [3.05, 3.63) is 34.3 Å². The molecule has 0 spiro atoms. The molecular formula is C12H14BrNO4. The number of carboxylic acid groups (broad SMARTS) is 1. The fraction of sp³-hybridized carbons (Fsp3) is 0.333. The monoisotopic (exact) mass is 315 g/mol. The highest BCUT2D eigenvalue weighted by molar-refractivity contribution is 9.10. The Hall–Kier alpha value is -1.40. The fourth-order valence-electron chi connectivity index (χ4n) is 1.36. The summed E-state index contributed by atoms with van der Waals surface area (Å²) in [5.41, 5.74) is 0.410. The van der Waals surface area contributed by atoms with Crippen LogP contribution < -0.4 is 5.32 Å². The number of amides is 1. The lowest BCUT2D eigenvalue weighted by atomic mass is 10.1. The minimum atomic E-state index is -1.07. The number of hydrogen-bond acceptors (Lipinski definition) is 3. The number of nitrogens with one attached hydrogen (secondary N) is 1. The zero-order valence-corrected chi connectivity index (χ0v) is 11.4. The van der Waals surface area contributed by atoms with Crippen LogP contribution in [-0.4, -0.2) is 36.7 Å². The van der Waals surface area contributed by atoms with Crippen molar-refractivity contribution in [1.82, 2.24) is 5.32 Å². The lowest BCUT2D eigenvalue weighted by Crippen LogP contribution is -2.41. The summed E-state index contributed by atoms with van der Waals surface area (Å²) >= 11 is 3.25. The third-order valence-corrected chi connectivity index (χ3v) is 2.79. The second-order valence-electron chi connectivity index (χ2n) is 3.66. The summed E-state index contributed by atoms with van der Waals surface area (Å²) in [6.07, 6.45) is 0.228. The molecule has 6 heteroatoms. The van der Waals surface area contributed by atoms with Crippen LogP contribution in [0.2, 0.25) is 0 Å². The Kier molecular flexibility index (Phi) is 5.80. The van der Waals surface area contributed by atoms with E-state index < -0.39 is 17.9 Å². The van der Waals surface area contributed by atoms with E-state index in [1.807, 2.05) is 0 Å². The Labute approximate surface area is 113 Å². The van der Waals surface area contributed by atoms with E-state index in [2.05, 4.69) is 21.2 Å². The summed E-state index contributed by atoms with van der Waals surface area (Å²) < 4.78 is 5.57. The third kappa shape index (κ3) is 4.46. The smallest absolute Gasteiger partial charge is 0.326 e. The van der Waals surface area contributed by atoms with Gasteiger partial charge in [-0.25, -0.2) is 4.79 Å². The predicted octanol–water partition coefficient (Wildman–Crippen LogP) is 1.67. The van der Waals surface area contributed by atoms with E-state index in [9.17, 15) is 9.59 Å². The maximum Gasteiger partial charge on any atom is 0.326 e. The first kappa shape index (κ1) is 14.7. The number of ether oxygens (including phenoxy) is 1. The van der Waals surface area contributed by atoms with Crippen LogP contribution in [0, 0.1) is 0 Å². The minimum Gasteiger partial charge on any atom is -0.480 e. The number of carbonyl (C=O) groups excluding carboxylic acids is 1. The van der Waals surface area contributed by atoms with Crippen LogP contribution in [0.4, 0.5) is 0 Å². The van der Waals surface area contributed by atoms with Crippen LogP contribution in [0.1, 0.15) is 16.8 Å². The molecule has 1 aromatic rings. The number of halogens is 1. The van der Waals surface area contributed by atoms with Crippen molar-refractivity contribution in [2.75, 3.05) is 13.7 Å². The van der Waals surface area contributed by atoms with Gasteiger partial charge in [0, 0.05) is 30.2 Å². The van der Waals surface area contributed by atoms with Gasteiger partial charge in [-0.2, -0.15) is 0 Å². The summed E-state index contributed by atoms with van der Waals surface area (Å²) in [5, 5.41) is 11.4. The van der Waals surface area contributed by atoms with Gasteiger partial charge in [-0.1, -0.05) is 22.0 Å². The molecule has 1 amide bonds. The maximum atomic E-state index is 11.8. The van der Waals surface area contributed by atoms with Crippen molar-refractivity contribution in [2.45, 2.75) is 12.5 Å². The molecule has 1 aromatic carbocycles. The summed E-state index contributed by atoms with van der Waals surface area (Å²) in [4.78, 5) is 22.8. The van der Waals surface area contributed by atoms with Crippen molar-refractivity contribution in [3.63, 3.8) is 0 Å². The van der Waals surface area contributed by atoms with Crippen molar-refractivity contribution >= 4 is 27.8 Å². The van der Waals surface area contributed by atoms with Crippen LogP contribution in [0.15, 0.2) is 28.7 Å². The quantitative estimate of drug-likeness (QED) is 0.837. The highest BCUT2D eigenvalue weighted by Crippen LogP contribution is 2.11.